The zero-order valence-corrected chi connectivity index (χ0v) is 34.5. The predicted octanol–water partition coefficient (Wildman–Crippen LogP) is 16.5. The van der Waals surface area contributed by atoms with Crippen LogP contribution in [-0.2, 0) is 5.41 Å². The van der Waals surface area contributed by atoms with Gasteiger partial charge in [-0.05, 0) is 131 Å². The zero-order valence-electron chi connectivity index (χ0n) is 34.5. The summed E-state index contributed by atoms with van der Waals surface area (Å²) in [5.74, 6) is 0. The summed E-state index contributed by atoms with van der Waals surface area (Å²) in [5.41, 5.74) is 17.3. The molecule has 4 heteroatoms. The molecule has 0 aliphatic heterocycles. The van der Waals surface area contributed by atoms with Gasteiger partial charge in [0, 0.05) is 49.7 Å². The fourth-order valence-electron chi connectivity index (χ4n) is 9.99. The minimum Gasteiger partial charge on any atom is -0.454 e. The van der Waals surface area contributed by atoms with E-state index in [2.05, 4.69) is 207 Å². The van der Waals surface area contributed by atoms with Crippen molar-refractivity contribution in [1.82, 2.24) is 0 Å². The molecule has 0 N–H and O–H groups in total. The molecule has 1 aliphatic rings. The van der Waals surface area contributed by atoms with E-state index >= 15 is 0 Å². The Morgan fingerprint density at radius 3 is 1.44 bits per heavy atom. The van der Waals surface area contributed by atoms with E-state index in [1.807, 2.05) is 12.1 Å². The van der Waals surface area contributed by atoms with Crippen LogP contribution in [0.15, 0.2) is 191 Å². The lowest BCUT2D eigenvalue weighted by atomic mass is 9.81. The lowest BCUT2D eigenvalue weighted by molar-refractivity contribution is 0.661. The summed E-state index contributed by atoms with van der Waals surface area (Å²) < 4.78 is 13.3. The van der Waals surface area contributed by atoms with Crippen LogP contribution in [0.3, 0.4) is 0 Å². The van der Waals surface area contributed by atoms with Crippen LogP contribution in [0, 0.1) is 13.8 Å². The van der Waals surface area contributed by atoms with Crippen molar-refractivity contribution >= 4 is 88.8 Å². The minimum atomic E-state index is -0.261. The Balaban J connectivity index is 1.00. The van der Waals surface area contributed by atoms with Crippen LogP contribution >= 0.6 is 0 Å². The van der Waals surface area contributed by atoms with Gasteiger partial charge in [-0.1, -0.05) is 123 Å². The van der Waals surface area contributed by atoms with Gasteiger partial charge in [0.05, 0.1) is 11.4 Å². The van der Waals surface area contributed by atoms with E-state index in [9.17, 15) is 0 Å². The fourth-order valence-corrected chi connectivity index (χ4v) is 9.99. The summed E-state index contributed by atoms with van der Waals surface area (Å²) in [6.07, 6.45) is 0. The van der Waals surface area contributed by atoms with Gasteiger partial charge in [-0.15, -0.1) is 0 Å². The smallest absolute Gasteiger partial charge is 0.159 e. The number of rotatable bonds is 6. The highest BCUT2D eigenvalue weighted by atomic mass is 16.3. The second-order valence-corrected chi connectivity index (χ2v) is 17.0. The SMILES string of the molecule is Cc1ccccc1N(c1ccc2c(c1)C(C)(C)c1cc3cc(N(c4ccccc4C)c4cccc5c4oc4ccccc45)ccc3cc1-2)c1cccc2c1oc1ccccc12. The van der Waals surface area contributed by atoms with Gasteiger partial charge in [-0.25, -0.2) is 0 Å². The quantitative estimate of drug-likeness (QED) is 0.168. The number of para-hydroxylation sites is 6. The maximum atomic E-state index is 6.65. The summed E-state index contributed by atoms with van der Waals surface area (Å²) >= 11 is 0. The van der Waals surface area contributed by atoms with E-state index in [0.717, 1.165) is 78.0 Å². The maximum Gasteiger partial charge on any atom is 0.159 e. The molecule has 12 rings (SSSR count). The van der Waals surface area contributed by atoms with Crippen molar-refractivity contribution in [2.24, 2.45) is 0 Å². The molecule has 0 bridgehead atoms. The molecule has 0 radical (unpaired) electrons. The van der Waals surface area contributed by atoms with Crippen LogP contribution in [0.25, 0.3) is 65.8 Å². The van der Waals surface area contributed by atoms with E-state index in [1.165, 1.54) is 44.2 Å². The number of hydrogen-bond acceptors (Lipinski definition) is 4. The third kappa shape index (κ3) is 5.31. The fraction of sp³-hybridized carbons (Fsp3) is 0.0877. The zero-order chi connectivity index (χ0) is 41.0. The topological polar surface area (TPSA) is 32.8 Å². The summed E-state index contributed by atoms with van der Waals surface area (Å²) in [4.78, 5) is 4.74. The van der Waals surface area contributed by atoms with Gasteiger partial charge in [0.25, 0.3) is 0 Å². The second kappa shape index (κ2) is 13.2. The Kier molecular flexibility index (Phi) is 7.67. The molecular formula is C57H42N2O2. The number of aryl methyl sites for hydroxylation is 2. The lowest BCUT2D eigenvalue weighted by Crippen LogP contribution is -2.17. The van der Waals surface area contributed by atoms with Crippen molar-refractivity contribution in [1.29, 1.82) is 0 Å². The lowest BCUT2D eigenvalue weighted by Gasteiger charge is -2.29. The first-order valence-corrected chi connectivity index (χ1v) is 21.1. The van der Waals surface area contributed by atoms with Gasteiger partial charge in [0.15, 0.2) is 11.2 Å². The second-order valence-electron chi connectivity index (χ2n) is 17.0. The molecule has 292 valence electrons. The molecule has 9 aromatic carbocycles. The van der Waals surface area contributed by atoms with Crippen molar-refractivity contribution in [2.45, 2.75) is 33.1 Å². The molecule has 0 saturated heterocycles. The minimum absolute atomic E-state index is 0.261. The monoisotopic (exact) mass is 786 g/mol. The molecule has 0 amide bonds. The third-order valence-electron chi connectivity index (χ3n) is 13.1. The standard InChI is InChI=1S/C57H42N2O2/c1-35-15-5-9-21-49(35)58(51-23-13-19-44-42-17-7-11-25-53(42)60-55(44)51)39-28-27-37-32-46-41-30-29-40(34-48(41)57(3,4)47(46)33-38(37)31-39)59(50-22-10-6-16-36(50)2)52-24-14-20-45-43-18-8-12-26-54(43)61-56(45)52/h5-34H,1-4H3. The van der Waals surface area contributed by atoms with Crippen molar-refractivity contribution in [3.05, 3.63) is 204 Å². The average molecular weight is 787 g/mol. The summed E-state index contributed by atoms with van der Waals surface area (Å²) in [5, 5.41) is 6.88. The molecule has 2 aromatic heterocycles. The molecule has 11 aromatic rings. The Bertz CT molecular complexity index is 3570. The van der Waals surface area contributed by atoms with E-state index < -0.39 is 0 Å². The highest BCUT2D eigenvalue weighted by Gasteiger charge is 2.37. The highest BCUT2D eigenvalue weighted by molar-refractivity contribution is 6.12. The van der Waals surface area contributed by atoms with Crippen molar-refractivity contribution in [2.75, 3.05) is 9.80 Å². The van der Waals surface area contributed by atoms with Gasteiger partial charge in [0.1, 0.15) is 11.2 Å². The molecule has 0 unspecified atom stereocenters. The van der Waals surface area contributed by atoms with Crippen molar-refractivity contribution < 1.29 is 8.83 Å². The van der Waals surface area contributed by atoms with Crippen LogP contribution in [0.2, 0.25) is 0 Å². The maximum absolute atomic E-state index is 6.65. The first kappa shape index (κ1) is 35.4. The molecule has 4 nitrogen and oxygen atoms in total. The van der Waals surface area contributed by atoms with Crippen LogP contribution in [0.1, 0.15) is 36.1 Å². The van der Waals surface area contributed by atoms with E-state index in [-0.39, 0.29) is 5.41 Å². The largest absolute Gasteiger partial charge is 0.454 e. The Hall–Kier alpha value is -7.56. The number of furan rings is 2. The number of nitrogens with zero attached hydrogens (tertiary/aromatic N) is 2. The van der Waals surface area contributed by atoms with Gasteiger partial charge < -0.3 is 18.6 Å². The van der Waals surface area contributed by atoms with Gasteiger partial charge in [-0.3, -0.25) is 0 Å². The molecular weight excluding hydrogens is 745 g/mol. The molecule has 0 atom stereocenters. The normalized spacial score (nSPS) is 13.0. The molecule has 1 aliphatic carbocycles. The summed E-state index contributed by atoms with van der Waals surface area (Å²) in [6.45, 7) is 9.11. The Morgan fingerprint density at radius 2 is 0.852 bits per heavy atom. The highest BCUT2D eigenvalue weighted by Crippen LogP contribution is 2.53. The molecule has 0 fully saturated rings. The van der Waals surface area contributed by atoms with Crippen molar-refractivity contribution in [3.8, 4) is 11.1 Å². The summed E-state index contributed by atoms with van der Waals surface area (Å²) in [6, 6.07) is 65.6. The Morgan fingerprint density at radius 1 is 0.377 bits per heavy atom. The van der Waals surface area contributed by atoms with Crippen LogP contribution in [0.5, 0.6) is 0 Å². The van der Waals surface area contributed by atoms with E-state index in [1.54, 1.807) is 0 Å². The predicted molar refractivity (Wildman–Crippen MR) is 255 cm³/mol. The average Bonchev–Trinajstić information content (AvgIpc) is 3.93. The first-order chi connectivity index (χ1) is 29.8. The Labute approximate surface area is 354 Å². The van der Waals surface area contributed by atoms with Gasteiger partial charge >= 0.3 is 0 Å². The number of anilines is 6. The van der Waals surface area contributed by atoms with Crippen LogP contribution in [0.4, 0.5) is 34.1 Å². The van der Waals surface area contributed by atoms with E-state index in [0.29, 0.717) is 0 Å². The van der Waals surface area contributed by atoms with Gasteiger partial charge in [-0.2, -0.15) is 0 Å². The number of fused-ring (bicyclic) bond motifs is 10. The molecule has 2 heterocycles. The van der Waals surface area contributed by atoms with Gasteiger partial charge in [0.2, 0.25) is 0 Å². The third-order valence-corrected chi connectivity index (χ3v) is 13.1. The molecule has 0 saturated carbocycles. The molecule has 0 spiro atoms. The number of benzene rings is 9. The first-order valence-electron chi connectivity index (χ1n) is 21.1. The van der Waals surface area contributed by atoms with E-state index in [4.69, 9.17) is 8.83 Å². The number of hydrogen-bond donors (Lipinski definition) is 0. The van der Waals surface area contributed by atoms with Crippen molar-refractivity contribution in [3.63, 3.8) is 0 Å². The summed E-state index contributed by atoms with van der Waals surface area (Å²) in [7, 11) is 0. The molecule has 61 heavy (non-hydrogen) atoms. The van der Waals surface area contributed by atoms with Crippen LogP contribution < -0.4 is 9.80 Å². The van der Waals surface area contributed by atoms with Crippen LogP contribution in [-0.4, -0.2) is 0 Å².